The van der Waals surface area contributed by atoms with Crippen LogP contribution in [0.15, 0.2) is 53.7 Å². The van der Waals surface area contributed by atoms with E-state index in [4.69, 9.17) is 9.57 Å². The minimum Gasteiger partial charge on any atom is -0.486 e. The smallest absolute Gasteiger partial charge is 0.416 e. The SMILES string of the molecule is CC(C)(C)C(=O)COc1ccc(C(CI)=NOCc2ccc(C(F)(F)F)cc2)cc1. The van der Waals surface area contributed by atoms with Gasteiger partial charge in [0.2, 0.25) is 0 Å². The van der Waals surface area contributed by atoms with Crippen molar-refractivity contribution in [2.24, 2.45) is 10.6 Å². The molecule has 0 amide bonds. The summed E-state index contributed by atoms with van der Waals surface area (Å²) < 4.78 is 43.9. The lowest BCUT2D eigenvalue weighted by molar-refractivity contribution is -0.137. The van der Waals surface area contributed by atoms with Crippen molar-refractivity contribution in [1.29, 1.82) is 0 Å². The van der Waals surface area contributed by atoms with Gasteiger partial charge in [0, 0.05) is 15.4 Å². The highest BCUT2D eigenvalue weighted by molar-refractivity contribution is 14.1. The molecule has 30 heavy (non-hydrogen) atoms. The summed E-state index contributed by atoms with van der Waals surface area (Å²) in [5, 5.41) is 4.11. The Labute approximate surface area is 187 Å². The van der Waals surface area contributed by atoms with Crippen LogP contribution in [0.2, 0.25) is 0 Å². The van der Waals surface area contributed by atoms with E-state index in [1.807, 2.05) is 32.9 Å². The summed E-state index contributed by atoms with van der Waals surface area (Å²) in [6.07, 6.45) is -4.36. The van der Waals surface area contributed by atoms with Crippen molar-refractivity contribution < 1.29 is 27.5 Å². The third-order valence-corrected chi connectivity index (χ3v) is 4.93. The molecule has 2 aromatic rings. The lowest BCUT2D eigenvalue weighted by Gasteiger charge is -2.16. The first-order valence-electron chi connectivity index (χ1n) is 9.18. The van der Waals surface area contributed by atoms with E-state index in [9.17, 15) is 18.0 Å². The second-order valence-electron chi connectivity index (χ2n) is 7.63. The average molecular weight is 533 g/mol. The van der Waals surface area contributed by atoms with Gasteiger partial charge in [0.25, 0.3) is 0 Å². The molecule has 0 N–H and O–H groups in total. The van der Waals surface area contributed by atoms with E-state index in [-0.39, 0.29) is 19.0 Å². The van der Waals surface area contributed by atoms with Crippen LogP contribution in [0.1, 0.15) is 37.5 Å². The molecule has 0 atom stereocenters. The second kappa shape index (κ2) is 10.3. The van der Waals surface area contributed by atoms with Crippen molar-refractivity contribution >= 4 is 34.1 Å². The van der Waals surface area contributed by atoms with E-state index in [1.165, 1.54) is 12.1 Å². The zero-order valence-electron chi connectivity index (χ0n) is 16.9. The number of ether oxygens (including phenoxy) is 1. The molecule has 0 aliphatic carbocycles. The third kappa shape index (κ3) is 7.30. The highest BCUT2D eigenvalue weighted by Crippen LogP contribution is 2.29. The molecule has 0 aliphatic heterocycles. The number of ketones is 1. The van der Waals surface area contributed by atoms with Crippen LogP contribution < -0.4 is 4.74 Å². The minimum atomic E-state index is -4.36. The summed E-state index contributed by atoms with van der Waals surface area (Å²) in [6.45, 7) is 5.60. The van der Waals surface area contributed by atoms with Gasteiger partial charge < -0.3 is 9.57 Å². The van der Waals surface area contributed by atoms with E-state index in [2.05, 4.69) is 27.7 Å². The number of hydrogen-bond acceptors (Lipinski definition) is 4. The Morgan fingerprint density at radius 2 is 1.60 bits per heavy atom. The fraction of sp³-hybridized carbons (Fsp3) is 0.364. The number of nitrogens with zero attached hydrogens (tertiary/aromatic N) is 1. The zero-order chi connectivity index (χ0) is 22.4. The quantitative estimate of drug-likeness (QED) is 0.180. The fourth-order valence-corrected chi connectivity index (χ4v) is 2.82. The van der Waals surface area contributed by atoms with Crippen LogP contribution in [0, 0.1) is 5.41 Å². The first-order valence-corrected chi connectivity index (χ1v) is 10.7. The maximum Gasteiger partial charge on any atom is 0.416 e. The summed E-state index contributed by atoms with van der Waals surface area (Å²) in [7, 11) is 0. The summed E-state index contributed by atoms with van der Waals surface area (Å²) in [6, 6.07) is 11.9. The average Bonchev–Trinajstić information content (AvgIpc) is 2.69. The van der Waals surface area contributed by atoms with Crippen molar-refractivity contribution in [1.82, 2.24) is 0 Å². The number of oxime groups is 1. The standard InChI is InChI=1S/C22H23F3INO3/c1-21(2,3)20(28)14-29-18-10-6-16(7-11-18)19(12-26)27-30-13-15-4-8-17(9-5-15)22(23,24)25/h4-11H,12-14H2,1-3H3. The summed E-state index contributed by atoms with van der Waals surface area (Å²) >= 11 is 2.15. The molecule has 4 nitrogen and oxygen atoms in total. The first kappa shape index (κ1) is 24.2. The number of halogens is 4. The van der Waals surface area contributed by atoms with Gasteiger partial charge in [-0.2, -0.15) is 13.2 Å². The predicted octanol–water partition coefficient (Wildman–Crippen LogP) is 6.06. The molecule has 0 fully saturated rings. The van der Waals surface area contributed by atoms with Crippen molar-refractivity contribution in [2.75, 3.05) is 11.0 Å². The molecule has 0 unspecified atom stereocenters. The highest BCUT2D eigenvalue weighted by atomic mass is 127. The topological polar surface area (TPSA) is 47.9 Å². The lowest BCUT2D eigenvalue weighted by atomic mass is 9.91. The van der Waals surface area contributed by atoms with Crippen molar-refractivity contribution in [3.05, 3.63) is 65.2 Å². The molecule has 2 aromatic carbocycles. The minimum absolute atomic E-state index is 0.00627. The maximum atomic E-state index is 12.6. The highest BCUT2D eigenvalue weighted by Gasteiger charge is 2.29. The largest absolute Gasteiger partial charge is 0.486 e. The second-order valence-corrected chi connectivity index (χ2v) is 8.39. The number of carbonyl (C=O) groups is 1. The van der Waals surface area contributed by atoms with E-state index in [0.717, 1.165) is 17.7 Å². The Hall–Kier alpha value is -2.10. The van der Waals surface area contributed by atoms with Gasteiger partial charge in [0.15, 0.2) is 5.78 Å². The van der Waals surface area contributed by atoms with Crippen LogP contribution in [0.25, 0.3) is 0 Å². The molecule has 0 spiro atoms. The molecule has 0 bridgehead atoms. The van der Waals surface area contributed by atoms with Gasteiger partial charge in [0.1, 0.15) is 19.0 Å². The van der Waals surface area contributed by atoms with Gasteiger partial charge in [-0.3, -0.25) is 4.79 Å². The predicted molar refractivity (Wildman–Crippen MR) is 118 cm³/mol. The van der Waals surface area contributed by atoms with Gasteiger partial charge in [-0.15, -0.1) is 0 Å². The molecule has 0 aromatic heterocycles. The van der Waals surface area contributed by atoms with E-state index >= 15 is 0 Å². The molecule has 0 radical (unpaired) electrons. The summed E-state index contributed by atoms with van der Waals surface area (Å²) in [5.41, 5.74) is 0.943. The number of benzene rings is 2. The first-order chi connectivity index (χ1) is 14.0. The maximum absolute atomic E-state index is 12.6. The number of Topliss-reactive ketones (excluding diaryl/α,β-unsaturated/α-hetero) is 1. The Morgan fingerprint density at radius 3 is 2.10 bits per heavy atom. The van der Waals surface area contributed by atoms with Gasteiger partial charge in [-0.25, -0.2) is 0 Å². The van der Waals surface area contributed by atoms with Crippen LogP contribution in [0.3, 0.4) is 0 Å². The van der Waals surface area contributed by atoms with Crippen LogP contribution in [-0.4, -0.2) is 22.5 Å². The molecule has 0 heterocycles. The lowest BCUT2D eigenvalue weighted by Crippen LogP contribution is -2.26. The zero-order valence-corrected chi connectivity index (χ0v) is 19.1. The monoisotopic (exact) mass is 533 g/mol. The van der Waals surface area contributed by atoms with E-state index in [1.54, 1.807) is 12.1 Å². The normalized spacial score (nSPS) is 12.6. The van der Waals surface area contributed by atoms with Crippen LogP contribution in [0.5, 0.6) is 5.75 Å². The molecule has 0 saturated carbocycles. The summed E-state index contributed by atoms with van der Waals surface area (Å²) in [4.78, 5) is 17.3. The Morgan fingerprint density at radius 1 is 1.00 bits per heavy atom. The molecule has 2 rings (SSSR count). The van der Waals surface area contributed by atoms with Crippen LogP contribution in [0.4, 0.5) is 13.2 Å². The van der Waals surface area contributed by atoms with E-state index < -0.39 is 17.2 Å². The Kier molecular flexibility index (Phi) is 8.28. The van der Waals surface area contributed by atoms with Gasteiger partial charge in [0.05, 0.1) is 11.3 Å². The van der Waals surface area contributed by atoms with Gasteiger partial charge >= 0.3 is 6.18 Å². The number of carbonyl (C=O) groups excluding carboxylic acids is 1. The number of alkyl halides is 4. The number of rotatable bonds is 8. The van der Waals surface area contributed by atoms with Gasteiger partial charge in [-0.1, -0.05) is 60.7 Å². The van der Waals surface area contributed by atoms with Crippen molar-refractivity contribution in [3.63, 3.8) is 0 Å². The molecule has 8 heteroatoms. The molecule has 162 valence electrons. The van der Waals surface area contributed by atoms with Crippen LogP contribution in [-0.2, 0) is 22.4 Å². The summed E-state index contributed by atoms with van der Waals surface area (Å²) in [5.74, 6) is 0.590. The van der Waals surface area contributed by atoms with Gasteiger partial charge in [-0.05, 0) is 42.0 Å². The Bertz CT molecular complexity index is 870. The molecular weight excluding hydrogens is 510 g/mol. The van der Waals surface area contributed by atoms with Crippen LogP contribution >= 0.6 is 22.6 Å². The number of hydrogen-bond donors (Lipinski definition) is 0. The molecule has 0 saturated heterocycles. The van der Waals surface area contributed by atoms with E-state index in [0.29, 0.717) is 21.5 Å². The van der Waals surface area contributed by atoms with Crippen molar-refractivity contribution in [3.8, 4) is 5.75 Å². The fourth-order valence-electron chi connectivity index (χ4n) is 2.24. The Balaban J connectivity index is 1.95. The third-order valence-electron chi connectivity index (χ3n) is 4.21. The molecule has 0 aliphatic rings. The molecular formula is C22H23F3INO3. The van der Waals surface area contributed by atoms with Crippen molar-refractivity contribution in [2.45, 2.75) is 33.6 Å².